The Hall–Kier alpha value is -16.7. The lowest BCUT2D eigenvalue weighted by atomic mass is 9.95. The third-order valence-electron chi connectivity index (χ3n) is 25.0. The zero-order chi connectivity index (χ0) is 95.9. The zero-order valence-corrected chi connectivity index (χ0v) is 79.5. The Kier molecular flexibility index (Phi) is 28.1. The molecule has 0 aliphatic carbocycles. The average Bonchev–Trinajstić information content (AvgIpc) is 0.773. The molecule has 22 aromatic rings. The molecule has 22 aromatic carbocycles. The molecule has 0 aliphatic rings. The molecule has 0 heterocycles. The van der Waals surface area contributed by atoms with E-state index in [1.165, 1.54) is 110 Å². The van der Waals surface area contributed by atoms with Gasteiger partial charge in [0, 0.05) is 101 Å². The van der Waals surface area contributed by atoms with Crippen molar-refractivity contribution in [3.05, 3.63) is 556 Å². The molecule has 0 spiro atoms. The number of hydrogen-bond donors (Lipinski definition) is 0. The molecule has 0 bridgehead atoms. The first-order valence-corrected chi connectivity index (χ1v) is 46.9. The lowest BCUT2D eigenvalue weighted by Crippen LogP contribution is -2.11. The molecule has 0 aromatic heterocycles. The van der Waals surface area contributed by atoms with Crippen LogP contribution in [0.25, 0.3) is 76.5 Å². The minimum absolute atomic E-state index is 0.417. The third kappa shape index (κ3) is 20.5. The normalized spacial score (nSPS) is 11.0. The van der Waals surface area contributed by atoms with Crippen LogP contribution >= 0.6 is 18.8 Å². The predicted octanol–water partition coefficient (Wildman–Crippen LogP) is 37.2. The van der Waals surface area contributed by atoms with Crippen molar-refractivity contribution in [1.29, 1.82) is 2.56 Å². The fraction of sp³-hybridized carbons (Fsp3) is 0.0312. The van der Waals surface area contributed by atoms with Crippen LogP contribution in [-0.4, -0.2) is 10.5 Å². The average molecular weight is 1820 g/mol. The summed E-state index contributed by atoms with van der Waals surface area (Å²) in [6, 6.07) is 191. The molecule has 0 amide bonds. The van der Waals surface area contributed by atoms with Crippen molar-refractivity contribution in [2.75, 3.05) is 29.4 Å². The van der Waals surface area contributed by atoms with Crippen LogP contribution in [0.2, 0.25) is 0 Å². The topological polar surface area (TPSA) is 31.8 Å². The maximum absolute atomic E-state index is 5.90. The van der Waals surface area contributed by atoms with Crippen molar-refractivity contribution >= 4 is 172 Å². The lowest BCUT2D eigenvalue weighted by Gasteiger charge is -2.28. The molecule has 0 fully saturated rings. The molecule has 1 atom stereocenters. The minimum atomic E-state index is -0.417. The fourth-order valence-corrected chi connectivity index (χ4v) is 18.6. The van der Waals surface area contributed by atoms with Crippen molar-refractivity contribution in [2.45, 2.75) is 27.7 Å². The Morgan fingerprint density at radius 2 is 0.384 bits per heavy atom. The highest BCUT2D eigenvalue weighted by Crippen LogP contribution is 2.48. The van der Waals surface area contributed by atoms with Crippen molar-refractivity contribution < 1.29 is 0 Å². The van der Waals surface area contributed by atoms with Gasteiger partial charge in [-0.05, 0) is 308 Å². The van der Waals surface area contributed by atoms with Gasteiger partial charge in [0.05, 0.1) is 25.3 Å². The minimum Gasteiger partial charge on any atom is -0.344 e. The predicted molar refractivity (Wildman–Crippen MR) is 600 cm³/mol. The molecule has 7 nitrogen and oxygen atoms in total. The van der Waals surface area contributed by atoms with E-state index in [9.17, 15) is 0 Å². The molecule has 0 aliphatic heterocycles. The van der Waals surface area contributed by atoms with Gasteiger partial charge in [0.25, 0.3) is 7.98 Å². The second kappa shape index (κ2) is 43.5. The van der Waals surface area contributed by atoms with E-state index in [4.69, 9.17) is 2.56 Å². The number of nitrogens with zero attached hydrogens (tertiary/aromatic N) is 7. The van der Waals surface area contributed by atoms with Crippen LogP contribution in [0.1, 0.15) is 22.3 Å². The summed E-state index contributed by atoms with van der Waals surface area (Å²) in [6.07, 6.45) is 0. The number of hydrogen-bond acceptors (Lipinski definition) is 7. The zero-order valence-electron chi connectivity index (χ0n) is 79.5. The first-order chi connectivity index (χ1) is 69.0. The summed E-state index contributed by atoms with van der Waals surface area (Å²) in [5.41, 5.74) is 32.7. The molecule has 1 unspecified atom stereocenters. The largest absolute Gasteiger partial charge is 0.344 e. The van der Waals surface area contributed by atoms with E-state index in [0.717, 1.165) is 91.0 Å². The van der Waals surface area contributed by atoms with Crippen LogP contribution in [0.15, 0.2) is 538 Å². The van der Waals surface area contributed by atoms with Crippen LogP contribution in [-0.2, 0) is 0 Å². The number of anilines is 18. The van der Waals surface area contributed by atoms with Gasteiger partial charge in [0.1, 0.15) is 0 Å². The Labute approximate surface area is 820 Å². The number of aryl methyl sites for hydroxylation is 4. The smallest absolute Gasteiger partial charge is 0.265 e. The van der Waals surface area contributed by atoms with Gasteiger partial charge in [-0.25, -0.2) is 0 Å². The highest BCUT2D eigenvalue weighted by Gasteiger charge is 2.24. The molecule has 138 heavy (non-hydrogen) atoms. The van der Waals surface area contributed by atoms with Crippen LogP contribution in [0, 0.1) is 27.7 Å². The van der Waals surface area contributed by atoms with Crippen LogP contribution in [0.4, 0.5) is 102 Å². The fourth-order valence-electron chi connectivity index (χ4n) is 18.6. The SMILES string of the molecule is Cc1cc(N(c2ccccc2)c2cccc3ccccc23)ccc1-c1ccc(N(c2ccccc2)c2cccc3ccccc23)cc1C.Cc1cccc(N(c2ccccc2)c2ccc(-c3ccc(N(c4ccccc4)c4cccc(C)c4)cc3)cc2)c1.[2H]P[3H].[B]N=P.c1ccc(N(c2ccc(-c3ccc(N(c4ccccc4)c4cccc5ccccc45)cc3)cc2)c2cccc3ccccc23)cc1. The van der Waals surface area contributed by atoms with Crippen molar-refractivity contribution in [1.82, 2.24) is 0 Å². The highest BCUT2D eigenvalue weighted by molar-refractivity contribution is 7.05. The molecule has 10 heteroatoms. The summed E-state index contributed by atoms with van der Waals surface area (Å²) in [5.74, 6) is 0. The Morgan fingerprint density at radius 3 is 0.623 bits per heavy atom. The van der Waals surface area contributed by atoms with Crippen molar-refractivity contribution in [3.8, 4) is 33.4 Å². The van der Waals surface area contributed by atoms with E-state index in [2.05, 4.69) is 613 Å². The molecule has 0 N–H and O–H groups in total. The molecular weight excluding hydrogens is 1710 g/mol. The van der Waals surface area contributed by atoms with Gasteiger partial charge < -0.3 is 34.1 Å². The Bertz CT molecular complexity index is 7410. The highest BCUT2D eigenvalue weighted by atomic mass is 31.0. The van der Waals surface area contributed by atoms with E-state index in [0.29, 0.717) is 0 Å². The summed E-state index contributed by atoms with van der Waals surface area (Å²) in [4.78, 5) is 14.0. The summed E-state index contributed by atoms with van der Waals surface area (Å²) in [6.45, 7) is 8.73. The maximum atomic E-state index is 5.90. The molecule has 2 radical (unpaired) electrons. The first-order valence-electron chi connectivity index (χ1n) is 47.4. The van der Waals surface area contributed by atoms with E-state index < -0.39 is 9.79 Å². The number of benzene rings is 22. The van der Waals surface area contributed by atoms with Gasteiger partial charge in [0.15, 0.2) is 0 Å². The number of rotatable bonds is 21. The van der Waals surface area contributed by atoms with Crippen LogP contribution in [0.5, 0.6) is 0 Å². The third-order valence-corrected chi connectivity index (χ3v) is 25.0. The Morgan fingerprint density at radius 1 is 0.210 bits per heavy atom. The monoisotopic (exact) mass is 1810 g/mol. The van der Waals surface area contributed by atoms with Gasteiger partial charge in [-0.15, -0.1) is 0 Å². The summed E-state index contributed by atoms with van der Waals surface area (Å²) in [7, 11) is 6.56. The van der Waals surface area contributed by atoms with E-state index >= 15 is 0 Å². The van der Waals surface area contributed by atoms with Crippen LogP contribution < -0.4 is 29.4 Å². The van der Waals surface area contributed by atoms with Crippen molar-refractivity contribution in [2.24, 2.45) is 4.66 Å². The molecule has 0 saturated carbocycles. The second-order valence-corrected chi connectivity index (χ2v) is 34.3. The Balaban J connectivity index is 0.000000136. The lowest BCUT2D eigenvalue weighted by molar-refractivity contribution is 1.27. The maximum Gasteiger partial charge on any atom is 0.265 e. The summed E-state index contributed by atoms with van der Waals surface area (Å²) < 4.78 is 14.6. The van der Waals surface area contributed by atoms with Gasteiger partial charge in [-0.2, -0.15) is 9.79 Å². The molecule has 664 valence electrons. The summed E-state index contributed by atoms with van der Waals surface area (Å²) >= 11 is 0. The van der Waals surface area contributed by atoms with Crippen molar-refractivity contribution in [3.63, 3.8) is 0 Å². The van der Waals surface area contributed by atoms with E-state index in [1.54, 1.807) is 0 Å². The van der Waals surface area contributed by atoms with Gasteiger partial charge in [0.2, 0.25) is 0 Å². The van der Waals surface area contributed by atoms with Crippen LogP contribution in [0.3, 0.4) is 0 Å². The molecule has 22 rings (SSSR count). The van der Waals surface area contributed by atoms with Gasteiger partial charge >= 0.3 is 0 Å². The molecule has 0 saturated heterocycles. The first kappa shape index (κ1) is 89.2. The van der Waals surface area contributed by atoms with Gasteiger partial charge in [-0.1, -0.05) is 340 Å². The molecular formula is C128H104BN7P2. The second-order valence-electron chi connectivity index (χ2n) is 34.0. The standard InChI is InChI=1S/C46H36N2.C44H32N2.C38H32N2.BHNP.H3P/c1-33-31-39(47(37-19-5-3-6-20-37)45-25-13-17-35-15-9-11-23-43(35)45)27-29-41(33)42-30-28-40(32-34(42)2)48(38-21-7-4-8-22-38)46-26-14-18-36-16-10-12-24-44(36)46;1-3-17-37(18-4-1)45(43-23-11-15-35-13-7-9-21-41(35)43)39-29-25-33(26-30-39)34-27-31-40(32-28-34)46(38-19-5-2-6-20-38)44-24-12-16-36-14-8-10-22-42(36)44;1-29-11-9-17-37(27-29)39(33-13-5-3-6-14-33)35-23-19-31(20-24-35)32-21-25-36(26-22-32)40(34-15-7-4-8-16-34)38-18-10-12-30(2)28-38;1-2-3;/h3-32H,1-2H3;1-32H;3-28H,1-2H3;3H;1H3/i;;;;1TD. The summed E-state index contributed by atoms with van der Waals surface area (Å²) in [5, 5.41) is 9.82. The van der Waals surface area contributed by atoms with E-state index in [1.807, 2.05) is 0 Å². The quantitative estimate of drug-likeness (QED) is 0.0527. The van der Waals surface area contributed by atoms with Gasteiger partial charge in [-0.3, -0.25) is 0 Å². The van der Waals surface area contributed by atoms with E-state index in [-0.39, 0.29) is 0 Å². The number of para-hydroxylation sites is 6. The number of fused-ring (bicyclic) bond motifs is 4.